The lowest BCUT2D eigenvalue weighted by molar-refractivity contribution is -0.137. The number of carboxylic acid groups (broad SMARTS) is 1. The van der Waals surface area contributed by atoms with Gasteiger partial charge < -0.3 is 19.9 Å². The molecular formula is C25H16ClF3N2O6S2. The summed E-state index contributed by atoms with van der Waals surface area (Å²) in [5, 5.41) is 21.3. The molecule has 2 aromatic carbocycles. The number of benzene rings is 2. The SMILES string of the molecule is O=C(CCN1C(=O)/C(=C/c2ccc(-c3cc(C(F)(F)F)ccc3Cl)o2)SC1=S)Nc1ccc(C(=O)O)c(O)c1. The van der Waals surface area contributed by atoms with E-state index in [2.05, 4.69) is 5.32 Å². The van der Waals surface area contributed by atoms with E-state index < -0.39 is 35.3 Å². The number of phenols is 1. The van der Waals surface area contributed by atoms with E-state index in [0.717, 1.165) is 42.1 Å². The molecule has 0 spiro atoms. The van der Waals surface area contributed by atoms with Gasteiger partial charge in [0.05, 0.1) is 15.5 Å². The molecule has 14 heteroatoms. The Kier molecular flexibility index (Phi) is 8.04. The van der Waals surface area contributed by atoms with Gasteiger partial charge in [-0.05, 0) is 42.5 Å². The highest BCUT2D eigenvalue weighted by Gasteiger charge is 2.33. The lowest BCUT2D eigenvalue weighted by Crippen LogP contribution is -2.31. The van der Waals surface area contributed by atoms with Crippen LogP contribution in [0.15, 0.2) is 57.9 Å². The number of hydrogen-bond acceptors (Lipinski definition) is 7. The number of carboxylic acids is 1. The number of alkyl halides is 3. The molecule has 0 bridgehead atoms. The summed E-state index contributed by atoms with van der Waals surface area (Å²) >= 11 is 12.3. The Labute approximate surface area is 233 Å². The van der Waals surface area contributed by atoms with Crippen LogP contribution < -0.4 is 5.32 Å². The molecule has 3 N–H and O–H groups in total. The first kappa shape index (κ1) is 28.2. The number of rotatable bonds is 7. The maximum Gasteiger partial charge on any atom is 0.416 e. The normalized spacial score (nSPS) is 14.8. The number of nitrogens with zero attached hydrogens (tertiary/aromatic N) is 1. The van der Waals surface area contributed by atoms with Gasteiger partial charge in [0.2, 0.25) is 5.91 Å². The zero-order valence-corrected chi connectivity index (χ0v) is 21.8. The topological polar surface area (TPSA) is 120 Å². The summed E-state index contributed by atoms with van der Waals surface area (Å²) in [4.78, 5) is 37.6. The summed E-state index contributed by atoms with van der Waals surface area (Å²) in [6, 6.07) is 9.30. The van der Waals surface area contributed by atoms with Gasteiger partial charge in [0.25, 0.3) is 5.91 Å². The van der Waals surface area contributed by atoms with Crippen molar-refractivity contribution in [1.82, 2.24) is 4.90 Å². The van der Waals surface area contributed by atoms with Gasteiger partial charge in [-0.25, -0.2) is 4.79 Å². The van der Waals surface area contributed by atoms with Crippen molar-refractivity contribution in [3.63, 3.8) is 0 Å². The number of anilines is 1. The predicted molar refractivity (Wildman–Crippen MR) is 142 cm³/mol. The molecule has 4 rings (SSSR count). The van der Waals surface area contributed by atoms with Gasteiger partial charge in [-0.15, -0.1) is 0 Å². The first-order chi connectivity index (χ1) is 18.3. The molecule has 1 aliphatic rings. The second kappa shape index (κ2) is 11.1. The molecule has 8 nitrogen and oxygen atoms in total. The number of nitrogens with one attached hydrogen (secondary N) is 1. The Morgan fingerprint density at radius 2 is 1.90 bits per heavy atom. The van der Waals surface area contributed by atoms with Crippen LogP contribution in [0.4, 0.5) is 18.9 Å². The molecule has 1 saturated heterocycles. The third kappa shape index (κ3) is 6.44. The minimum absolute atomic E-state index is 0.0376. The van der Waals surface area contributed by atoms with Crippen LogP contribution >= 0.6 is 35.6 Å². The maximum atomic E-state index is 13.1. The van der Waals surface area contributed by atoms with Crippen LogP contribution in [0.1, 0.15) is 28.1 Å². The Hall–Kier alpha value is -3.81. The largest absolute Gasteiger partial charge is 0.507 e. The van der Waals surface area contributed by atoms with Crippen molar-refractivity contribution in [3.05, 3.63) is 75.3 Å². The number of aromatic carboxylic acids is 1. The fraction of sp³-hybridized carbons (Fsp3) is 0.120. The van der Waals surface area contributed by atoms with Crippen molar-refractivity contribution in [2.45, 2.75) is 12.6 Å². The molecule has 39 heavy (non-hydrogen) atoms. The molecule has 0 saturated carbocycles. The summed E-state index contributed by atoms with van der Waals surface area (Å²) < 4.78 is 45.1. The highest BCUT2D eigenvalue weighted by atomic mass is 35.5. The summed E-state index contributed by atoms with van der Waals surface area (Å²) in [5.41, 5.74) is -1.00. The zero-order chi connectivity index (χ0) is 28.5. The number of halogens is 4. The van der Waals surface area contributed by atoms with Crippen LogP contribution in [-0.4, -0.2) is 43.8 Å². The number of aromatic hydroxyl groups is 1. The van der Waals surface area contributed by atoms with Gasteiger partial charge in [-0.3, -0.25) is 14.5 Å². The maximum absolute atomic E-state index is 13.1. The Bertz CT molecular complexity index is 1540. The standard InChI is InChI=1S/C25H16ClF3N2O6S2/c26-17-5-1-12(25(27,28)29)9-16(17)19-6-3-14(37-19)11-20-22(34)31(24(38)39-20)8-7-21(33)30-13-2-4-15(23(35)36)18(32)10-13/h1-6,9-11,32H,7-8H2,(H,30,33)(H,35,36)/b20-11-. The Balaban J connectivity index is 1.41. The molecule has 0 atom stereocenters. The van der Waals surface area contributed by atoms with Crippen LogP contribution in [0.3, 0.4) is 0 Å². The van der Waals surface area contributed by atoms with Gasteiger partial charge in [0.15, 0.2) is 0 Å². The highest BCUT2D eigenvalue weighted by molar-refractivity contribution is 8.26. The van der Waals surface area contributed by atoms with Gasteiger partial charge >= 0.3 is 12.1 Å². The number of thioether (sulfide) groups is 1. The van der Waals surface area contributed by atoms with Crippen molar-refractivity contribution >= 4 is 69.4 Å². The van der Waals surface area contributed by atoms with Crippen molar-refractivity contribution < 1.29 is 42.2 Å². The minimum Gasteiger partial charge on any atom is -0.507 e. The molecule has 1 aromatic heterocycles. The second-order valence-corrected chi connectivity index (χ2v) is 10.1. The molecule has 202 valence electrons. The van der Waals surface area contributed by atoms with Gasteiger partial charge in [0, 0.05) is 36.4 Å². The van der Waals surface area contributed by atoms with E-state index >= 15 is 0 Å². The molecule has 3 aromatic rings. The van der Waals surface area contributed by atoms with E-state index in [1.54, 1.807) is 0 Å². The molecule has 1 fully saturated rings. The third-order valence-electron chi connectivity index (χ3n) is 5.41. The van der Waals surface area contributed by atoms with Crippen molar-refractivity contribution in [3.8, 4) is 17.1 Å². The minimum atomic E-state index is -4.56. The first-order valence-electron chi connectivity index (χ1n) is 10.9. The van der Waals surface area contributed by atoms with Crippen molar-refractivity contribution in [2.75, 3.05) is 11.9 Å². The van der Waals surface area contributed by atoms with Crippen molar-refractivity contribution in [1.29, 1.82) is 0 Å². The molecule has 1 aliphatic heterocycles. The summed E-state index contributed by atoms with van der Waals surface area (Å²) in [5.74, 6) is -2.58. The molecule has 0 unspecified atom stereocenters. The van der Waals surface area contributed by atoms with E-state index in [1.807, 2.05) is 0 Å². The highest BCUT2D eigenvalue weighted by Crippen LogP contribution is 2.38. The molecule has 0 aliphatic carbocycles. The number of furan rings is 1. The van der Waals surface area contributed by atoms with Crippen LogP contribution in [0.2, 0.25) is 5.02 Å². The predicted octanol–water partition coefficient (Wildman–Crippen LogP) is 6.25. The van der Waals surface area contributed by atoms with Crippen LogP contribution in [0.5, 0.6) is 5.75 Å². The quantitative estimate of drug-likeness (QED) is 0.216. The molecule has 2 amide bonds. The molecular weight excluding hydrogens is 581 g/mol. The smallest absolute Gasteiger partial charge is 0.416 e. The second-order valence-electron chi connectivity index (χ2n) is 8.06. The number of carbonyl (C=O) groups is 3. The van der Waals surface area contributed by atoms with Gasteiger partial charge in [0.1, 0.15) is 27.2 Å². The number of thiocarbonyl (C=S) groups is 1. The van der Waals surface area contributed by atoms with E-state index in [-0.39, 0.29) is 55.5 Å². The lowest BCUT2D eigenvalue weighted by Gasteiger charge is -2.14. The van der Waals surface area contributed by atoms with Crippen LogP contribution in [0.25, 0.3) is 17.4 Å². The van der Waals surface area contributed by atoms with Gasteiger partial charge in [-0.1, -0.05) is 35.6 Å². The Morgan fingerprint density at radius 3 is 2.56 bits per heavy atom. The third-order valence-corrected chi connectivity index (χ3v) is 7.11. The zero-order valence-electron chi connectivity index (χ0n) is 19.4. The van der Waals surface area contributed by atoms with Crippen LogP contribution in [0, 0.1) is 0 Å². The fourth-order valence-corrected chi connectivity index (χ4v) is 5.01. The first-order valence-corrected chi connectivity index (χ1v) is 12.5. The van der Waals surface area contributed by atoms with E-state index in [4.69, 9.17) is 33.3 Å². The Morgan fingerprint density at radius 1 is 1.15 bits per heavy atom. The van der Waals surface area contributed by atoms with Crippen LogP contribution in [-0.2, 0) is 15.8 Å². The van der Waals surface area contributed by atoms with E-state index in [1.165, 1.54) is 29.2 Å². The summed E-state index contributed by atoms with van der Waals surface area (Å²) in [7, 11) is 0. The number of hydrogen-bond donors (Lipinski definition) is 3. The summed E-state index contributed by atoms with van der Waals surface area (Å²) in [6.07, 6.45) is -3.33. The number of amides is 2. The monoisotopic (exact) mass is 596 g/mol. The average Bonchev–Trinajstić information content (AvgIpc) is 3.41. The van der Waals surface area contributed by atoms with Crippen molar-refractivity contribution in [2.24, 2.45) is 0 Å². The summed E-state index contributed by atoms with van der Waals surface area (Å²) in [6.45, 7) is -0.0592. The molecule has 0 radical (unpaired) electrons. The lowest BCUT2D eigenvalue weighted by atomic mass is 10.1. The van der Waals surface area contributed by atoms with Gasteiger partial charge in [-0.2, -0.15) is 13.2 Å². The molecule has 2 heterocycles. The average molecular weight is 597 g/mol. The fourth-order valence-electron chi connectivity index (χ4n) is 3.51. The number of carbonyl (C=O) groups excluding carboxylic acids is 2. The van der Waals surface area contributed by atoms with E-state index in [0.29, 0.717) is 0 Å². The van der Waals surface area contributed by atoms with E-state index in [9.17, 15) is 32.7 Å².